The molecule has 0 spiro atoms. The minimum absolute atomic E-state index is 0.0544. The summed E-state index contributed by atoms with van der Waals surface area (Å²) in [6.45, 7) is 1.13. The monoisotopic (exact) mass is 239 g/mol. The summed E-state index contributed by atoms with van der Waals surface area (Å²) in [5, 5.41) is 10.1. The molecule has 0 aromatic heterocycles. The van der Waals surface area contributed by atoms with Crippen molar-refractivity contribution >= 4 is 17.5 Å². The van der Waals surface area contributed by atoms with Crippen LogP contribution >= 0.6 is 11.6 Å². The van der Waals surface area contributed by atoms with Crippen LogP contribution in [0.2, 0.25) is 5.02 Å². The molecular formula is C12H14ClNO2. The molecule has 3 nitrogen and oxygen atoms in total. The van der Waals surface area contributed by atoms with Gasteiger partial charge in [0.15, 0.2) is 0 Å². The second kappa shape index (κ2) is 4.85. The quantitative estimate of drug-likeness (QED) is 0.814. The lowest BCUT2D eigenvalue weighted by molar-refractivity contribution is 0.0474. The van der Waals surface area contributed by atoms with Crippen molar-refractivity contribution in [3.63, 3.8) is 0 Å². The zero-order valence-corrected chi connectivity index (χ0v) is 9.65. The molecule has 1 fully saturated rings. The van der Waals surface area contributed by atoms with Gasteiger partial charge in [-0.25, -0.2) is 0 Å². The van der Waals surface area contributed by atoms with E-state index in [1.807, 2.05) is 0 Å². The summed E-state index contributed by atoms with van der Waals surface area (Å²) in [4.78, 5) is 13.7. The molecule has 1 aliphatic rings. The summed E-state index contributed by atoms with van der Waals surface area (Å²) in [6.07, 6.45) is 1.24. The van der Waals surface area contributed by atoms with Crippen LogP contribution in [-0.4, -0.2) is 35.1 Å². The zero-order chi connectivity index (χ0) is 11.5. The number of hydrogen-bond acceptors (Lipinski definition) is 2. The first-order chi connectivity index (χ1) is 7.66. The van der Waals surface area contributed by atoms with E-state index in [2.05, 4.69) is 0 Å². The SMILES string of the molecule is O=C(c1cccc(Cl)c1)N1CCCC(O)C1. The van der Waals surface area contributed by atoms with E-state index in [-0.39, 0.29) is 5.91 Å². The van der Waals surface area contributed by atoms with Gasteiger partial charge in [0, 0.05) is 23.7 Å². The largest absolute Gasteiger partial charge is 0.391 e. The lowest BCUT2D eigenvalue weighted by atomic mass is 10.1. The summed E-state index contributed by atoms with van der Waals surface area (Å²) < 4.78 is 0. The van der Waals surface area contributed by atoms with Gasteiger partial charge in [-0.15, -0.1) is 0 Å². The van der Waals surface area contributed by atoms with Crippen molar-refractivity contribution in [2.75, 3.05) is 13.1 Å². The molecule has 0 radical (unpaired) electrons. The Morgan fingerprint density at radius 2 is 2.31 bits per heavy atom. The minimum atomic E-state index is -0.392. The number of nitrogens with zero attached hydrogens (tertiary/aromatic N) is 1. The fourth-order valence-corrected chi connectivity index (χ4v) is 2.13. The van der Waals surface area contributed by atoms with Gasteiger partial charge in [0.25, 0.3) is 5.91 Å². The Labute approximate surface area is 99.6 Å². The van der Waals surface area contributed by atoms with Crippen LogP contribution in [0.3, 0.4) is 0 Å². The molecule has 0 bridgehead atoms. The maximum absolute atomic E-state index is 12.1. The van der Waals surface area contributed by atoms with E-state index >= 15 is 0 Å². The van der Waals surface area contributed by atoms with Gasteiger partial charge in [-0.2, -0.15) is 0 Å². The molecule has 1 unspecified atom stereocenters. The lowest BCUT2D eigenvalue weighted by Crippen LogP contribution is -2.42. The molecule has 0 saturated carbocycles. The van der Waals surface area contributed by atoms with E-state index < -0.39 is 6.10 Å². The summed E-state index contributed by atoms with van der Waals surface area (Å²) in [5.41, 5.74) is 0.585. The van der Waals surface area contributed by atoms with Crippen LogP contribution in [0.15, 0.2) is 24.3 Å². The number of β-amino-alcohol motifs (C(OH)–C–C–N with tert-alkyl or cyclic N) is 1. The van der Waals surface area contributed by atoms with Crippen LogP contribution in [-0.2, 0) is 0 Å². The number of piperidine rings is 1. The van der Waals surface area contributed by atoms with Crippen LogP contribution in [0.1, 0.15) is 23.2 Å². The van der Waals surface area contributed by atoms with E-state index in [4.69, 9.17) is 11.6 Å². The topological polar surface area (TPSA) is 40.5 Å². The predicted octanol–water partition coefficient (Wildman–Crippen LogP) is 1.94. The van der Waals surface area contributed by atoms with Crippen molar-refractivity contribution in [3.8, 4) is 0 Å². The number of carbonyl (C=O) groups excluding carboxylic acids is 1. The second-order valence-corrected chi connectivity index (χ2v) is 4.49. The van der Waals surface area contributed by atoms with Crippen molar-refractivity contribution in [2.45, 2.75) is 18.9 Å². The minimum Gasteiger partial charge on any atom is -0.391 e. The second-order valence-electron chi connectivity index (χ2n) is 4.06. The predicted molar refractivity (Wildman–Crippen MR) is 62.6 cm³/mol. The van der Waals surface area contributed by atoms with Gasteiger partial charge in [-0.05, 0) is 31.0 Å². The number of aliphatic hydroxyl groups is 1. The molecule has 1 aromatic carbocycles. The average molecular weight is 240 g/mol. The Balaban J connectivity index is 2.12. The van der Waals surface area contributed by atoms with Gasteiger partial charge in [0.2, 0.25) is 0 Å². The van der Waals surface area contributed by atoms with E-state index in [9.17, 15) is 9.90 Å². The Morgan fingerprint density at radius 3 is 3.00 bits per heavy atom. The molecule has 16 heavy (non-hydrogen) atoms. The number of likely N-dealkylation sites (tertiary alicyclic amines) is 1. The highest BCUT2D eigenvalue weighted by Crippen LogP contribution is 2.16. The molecule has 4 heteroatoms. The van der Waals surface area contributed by atoms with Crippen LogP contribution < -0.4 is 0 Å². The van der Waals surface area contributed by atoms with Crippen molar-refractivity contribution in [3.05, 3.63) is 34.9 Å². The molecule has 1 saturated heterocycles. The molecule has 86 valence electrons. The third-order valence-corrected chi connectivity index (χ3v) is 2.99. The number of rotatable bonds is 1. The van der Waals surface area contributed by atoms with E-state index in [1.165, 1.54) is 0 Å². The highest BCUT2D eigenvalue weighted by molar-refractivity contribution is 6.30. The lowest BCUT2D eigenvalue weighted by Gasteiger charge is -2.30. The third-order valence-electron chi connectivity index (χ3n) is 2.76. The van der Waals surface area contributed by atoms with Crippen molar-refractivity contribution in [1.82, 2.24) is 4.90 Å². The van der Waals surface area contributed by atoms with Gasteiger partial charge < -0.3 is 10.0 Å². The van der Waals surface area contributed by atoms with Crippen molar-refractivity contribution in [2.24, 2.45) is 0 Å². The standard InChI is InChI=1S/C12H14ClNO2/c13-10-4-1-3-9(7-10)12(16)14-6-2-5-11(15)8-14/h1,3-4,7,11,15H,2,5-6,8H2. The number of amides is 1. The molecule has 1 heterocycles. The van der Waals surface area contributed by atoms with Crippen molar-refractivity contribution < 1.29 is 9.90 Å². The normalized spacial score (nSPS) is 20.9. The van der Waals surface area contributed by atoms with E-state index in [1.54, 1.807) is 29.2 Å². The first-order valence-corrected chi connectivity index (χ1v) is 5.77. The van der Waals surface area contributed by atoms with Crippen LogP contribution in [0.4, 0.5) is 0 Å². The van der Waals surface area contributed by atoms with Gasteiger partial charge >= 0.3 is 0 Å². The highest BCUT2D eigenvalue weighted by atomic mass is 35.5. The fraction of sp³-hybridized carbons (Fsp3) is 0.417. The van der Waals surface area contributed by atoms with Crippen molar-refractivity contribution in [1.29, 1.82) is 0 Å². The highest BCUT2D eigenvalue weighted by Gasteiger charge is 2.22. The Kier molecular flexibility index (Phi) is 3.46. The van der Waals surface area contributed by atoms with Gasteiger partial charge in [0.1, 0.15) is 0 Å². The summed E-state index contributed by atoms with van der Waals surface area (Å²) in [5.74, 6) is -0.0544. The van der Waals surface area contributed by atoms with Crippen LogP contribution in [0.5, 0.6) is 0 Å². The zero-order valence-electron chi connectivity index (χ0n) is 8.90. The third kappa shape index (κ3) is 2.54. The number of aliphatic hydroxyl groups excluding tert-OH is 1. The first-order valence-electron chi connectivity index (χ1n) is 5.40. The Hall–Kier alpha value is -1.06. The Morgan fingerprint density at radius 1 is 1.50 bits per heavy atom. The number of carbonyl (C=O) groups is 1. The van der Waals surface area contributed by atoms with E-state index in [0.717, 1.165) is 12.8 Å². The molecule has 1 aromatic rings. The number of benzene rings is 1. The smallest absolute Gasteiger partial charge is 0.253 e. The Bertz CT molecular complexity index is 394. The van der Waals surface area contributed by atoms with Gasteiger partial charge in [-0.3, -0.25) is 4.79 Å². The first kappa shape index (κ1) is 11.4. The molecular weight excluding hydrogens is 226 g/mol. The van der Waals surface area contributed by atoms with E-state index in [0.29, 0.717) is 23.7 Å². The molecule has 0 aliphatic carbocycles. The van der Waals surface area contributed by atoms with Crippen LogP contribution in [0, 0.1) is 0 Å². The fourth-order valence-electron chi connectivity index (χ4n) is 1.94. The maximum Gasteiger partial charge on any atom is 0.253 e. The molecule has 1 N–H and O–H groups in total. The summed E-state index contributed by atoms with van der Waals surface area (Å²) in [7, 11) is 0. The van der Waals surface area contributed by atoms with Gasteiger partial charge in [0.05, 0.1) is 6.10 Å². The maximum atomic E-state index is 12.1. The molecule has 1 aliphatic heterocycles. The molecule has 2 rings (SSSR count). The van der Waals surface area contributed by atoms with Crippen LogP contribution in [0.25, 0.3) is 0 Å². The molecule has 1 atom stereocenters. The van der Waals surface area contributed by atoms with Gasteiger partial charge in [-0.1, -0.05) is 17.7 Å². The molecule has 1 amide bonds. The number of halogens is 1. The number of hydrogen-bond donors (Lipinski definition) is 1. The summed E-state index contributed by atoms with van der Waals surface area (Å²) >= 11 is 5.84. The summed E-state index contributed by atoms with van der Waals surface area (Å²) in [6, 6.07) is 6.90. The average Bonchev–Trinajstić information content (AvgIpc) is 2.28.